The highest BCUT2D eigenvalue weighted by molar-refractivity contribution is 6.74. The molecule has 0 aliphatic carbocycles. The van der Waals surface area contributed by atoms with Crippen LogP contribution in [0.25, 0.3) is 0 Å². The van der Waals surface area contributed by atoms with Gasteiger partial charge in [0, 0.05) is 11.5 Å². The van der Waals surface area contributed by atoms with Crippen LogP contribution in [0.1, 0.15) is 45.1 Å². The first-order valence-corrected chi connectivity index (χ1v) is 15.9. The first-order chi connectivity index (χ1) is 17.1. The third-order valence-electron chi connectivity index (χ3n) is 7.91. The van der Waals surface area contributed by atoms with Gasteiger partial charge in [-0.1, -0.05) is 88.4 Å². The average Bonchev–Trinajstić information content (AvgIpc) is 2.86. The lowest BCUT2D eigenvalue weighted by Gasteiger charge is -2.53. The van der Waals surface area contributed by atoms with Crippen molar-refractivity contribution in [1.82, 2.24) is 0 Å². The lowest BCUT2D eigenvalue weighted by molar-refractivity contribution is -0.328. The van der Waals surface area contributed by atoms with Crippen LogP contribution in [0.5, 0.6) is 0 Å². The summed E-state index contributed by atoms with van der Waals surface area (Å²) in [4.78, 5) is 0. The molecule has 0 aromatic heterocycles. The summed E-state index contributed by atoms with van der Waals surface area (Å²) >= 11 is 0. The molecule has 2 saturated heterocycles. The topological polar surface area (TPSA) is 66.4 Å². The predicted octanol–water partition coefficient (Wildman–Crippen LogP) is 5.47. The van der Waals surface area contributed by atoms with E-state index in [9.17, 15) is 5.11 Å². The molecule has 2 aliphatic rings. The highest BCUT2D eigenvalue weighted by atomic mass is 28.4. The molecule has 2 aliphatic heterocycles. The van der Waals surface area contributed by atoms with Crippen LogP contribution in [0.15, 0.2) is 60.7 Å². The maximum atomic E-state index is 10.3. The molecule has 0 unspecified atom stereocenters. The SMILES string of the molecule is C[C@@H]1[C@@H](O[Si](C)(C)C(C)(C)C)[C@@H]2O[C@H](c3ccccc3)OC[C@H]2O[C@H]1[C@@H](CO)OCc1ccccc1. The Labute approximate surface area is 217 Å². The minimum absolute atomic E-state index is 0.0419. The van der Waals surface area contributed by atoms with E-state index in [4.69, 9.17) is 23.4 Å². The van der Waals surface area contributed by atoms with Crippen LogP contribution in [0.3, 0.4) is 0 Å². The van der Waals surface area contributed by atoms with Crippen LogP contribution in [0, 0.1) is 5.92 Å². The van der Waals surface area contributed by atoms with Gasteiger partial charge in [-0.15, -0.1) is 0 Å². The molecule has 0 bridgehead atoms. The van der Waals surface area contributed by atoms with Crippen LogP contribution in [-0.4, -0.2) is 57.2 Å². The summed E-state index contributed by atoms with van der Waals surface area (Å²) in [5.74, 6) is -0.0529. The summed E-state index contributed by atoms with van der Waals surface area (Å²) < 4.78 is 32.5. The Kier molecular flexibility index (Phi) is 8.72. The van der Waals surface area contributed by atoms with Crippen LogP contribution < -0.4 is 0 Å². The fourth-order valence-corrected chi connectivity index (χ4v) is 6.08. The Morgan fingerprint density at radius 3 is 2.25 bits per heavy atom. The number of benzene rings is 2. The number of aliphatic hydroxyl groups is 1. The number of rotatable bonds is 8. The molecule has 0 saturated carbocycles. The number of ether oxygens (including phenoxy) is 4. The molecule has 0 spiro atoms. The highest BCUT2D eigenvalue weighted by Gasteiger charge is 2.53. The van der Waals surface area contributed by atoms with Crippen molar-refractivity contribution in [2.45, 2.75) is 89.2 Å². The van der Waals surface area contributed by atoms with Crippen molar-refractivity contribution in [2.24, 2.45) is 5.92 Å². The van der Waals surface area contributed by atoms with Gasteiger partial charge in [0.05, 0.1) is 32.0 Å². The molecule has 2 fully saturated rings. The van der Waals surface area contributed by atoms with Crippen molar-refractivity contribution in [3.05, 3.63) is 71.8 Å². The zero-order valence-electron chi connectivity index (χ0n) is 22.4. The van der Waals surface area contributed by atoms with Gasteiger partial charge in [-0.2, -0.15) is 0 Å². The lowest BCUT2D eigenvalue weighted by Crippen LogP contribution is -2.64. The molecule has 7 heteroatoms. The van der Waals surface area contributed by atoms with E-state index < -0.39 is 20.7 Å². The molecule has 198 valence electrons. The van der Waals surface area contributed by atoms with Crippen molar-refractivity contribution in [1.29, 1.82) is 0 Å². The van der Waals surface area contributed by atoms with Gasteiger partial charge in [0.2, 0.25) is 0 Å². The predicted molar refractivity (Wildman–Crippen MR) is 142 cm³/mol. The van der Waals surface area contributed by atoms with Crippen LogP contribution >= 0.6 is 0 Å². The molecular weight excluding hydrogens is 472 g/mol. The summed E-state index contributed by atoms with van der Waals surface area (Å²) in [6.45, 7) is 14.1. The zero-order valence-corrected chi connectivity index (χ0v) is 23.4. The first-order valence-electron chi connectivity index (χ1n) is 13.0. The van der Waals surface area contributed by atoms with Crippen molar-refractivity contribution in [3.8, 4) is 0 Å². The van der Waals surface area contributed by atoms with E-state index in [1.54, 1.807) is 0 Å². The van der Waals surface area contributed by atoms with E-state index in [0.29, 0.717) is 13.2 Å². The second kappa shape index (κ2) is 11.4. The summed E-state index contributed by atoms with van der Waals surface area (Å²) in [6, 6.07) is 20.0. The number of aliphatic hydroxyl groups excluding tert-OH is 1. The minimum Gasteiger partial charge on any atom is -0.411 e. The molecule has 4 rings (SSSR count). The van der Waals surface area contributed by atoms with Crippen LogP contribution in [0.2, 0.25) is 18.1 Å². The van der Waals surface area contributed by atoms with Crippen molar-refractivity contribution in [3.63, 3.8) is 0 Å². The Morgan fingerprint density at radius 2 is 1.64 bits per heavy atom. The Balaban J connectivity index is 1.57. The quantitative estimate of drug-likeness (QED) is 0.471. The van der Waals surface area contributed by atoms with Gasteiger partial charge in [0.1, 0.15) is 18.3 Å². The molecular formula is C29H42O6Si. The Hall–Kier alpha value is -1.58. The van der Waals surface area contributed by atoms with E-state index in [0.717, 1.165) is 11.1 Å². The van der Waals surface area contributed by atoms with Crippen LogP contribution in [0.4, 0.5) is 0 Å². The summed E-state index contributed by atoms with van der Waals surface area (Å²) in [7, 11) is -2.14. The standard InChI is InChI=1S/C29H42O6Si/c1-20-25(23(17-30)31-18-21-13-9-7-10-14-21)33-24-19-32-28(22-15-11-8-12-16-22)34-27(24)26(20)35-36(5,6)29(2,3)4/h7-16,20,23-28,30H,17-19H2,1-6H3/t20-,23+,24+,25+,26+,27+,28+/m0/s1. The van der Waals surface area contributed by atoms with Gasteiger partial charge in [-0.3, -0.25) is 0 Å². The fourth-order valence-electron chi connectivity index (χ4n) is 4.70. The second-order valence-corrected chi connectivity index (χ2v) is 16.3. The zero-order chi connectivity index (χ0) is 25.9. The van der Waals surface area contributed by atoms with E-state index in [1.807, 2.05) is 60.7 Å². The molecule has 1 N–H and O–H groups in total. The average molecular weight is 515 g/mol. The molecule has 0 amide bonds. The summed E-state index contributed by atoms with van der Waals surface area (Å²) in [5, 5.41) is 10.4. The van der Waals surface area contributed by atoms with Gasteiger partial charge in [0.15, 0.2) is 14.6 Å². The first kappa shape index (κ1) is 27.5. The highest BCUT2D eigenvalue weighted by Crippen LogP contribution is 2.44. The second-order valence-electron chi connectivity index (χ2n) is 11.5. The van der Waals surface area contributed by atoms with E-state index in [1.165, 1.54) is 0 Å². The third-order valence-corrected chi connectivity index (χ3v) is 12.4. The fraction of sp³-hybridized carbons (Fsp3) is 0.586. The largest absolute Gasteiger partial charge is 0.411 e. The van der Waals surface area contributed by atoms with E-state index in [-0.39, 0.29) is 42.0 Å². The molecule has 7 atom stereocenters. The van der Waals surface area contributed by atoms with Crippen molar-refractivity contribution >= 4 is 8.32 Å². The summed E-state index contributed by atoms with van der Waals surface area (Å²) in [5.41, 5.74) is 2.04. The normalized spacial score (nSPS) is 30.0. The van der Waals surface area contributed by atoms with Crippen molar-refractivity contribution < 1.29 is 28.5 Å². The van der Waals surface area contributed by atoms with Crippen LogP contribution in [-0.2, 0) is 30.0 Å². The summed E-state index contributed by atoms with van der Waals surface area (Å²) in [6.07, 6.45) is -2.10. The van der Waals surface area contributed by atoms with Gasteiger partial charge in [0.25, 0.3) is 0 Å². The molecule has 2 heterocycles. The van der Waals surface area contributed by atoms with Gasteiger partial charge >= 0.3 is 0 Å². The molecule has 2 aromatic rings. The third kappa shape index (κ3) is 6.10. The molecule has 6 nitrogen and oxygen atoms in total. The number of hydrogen-bond acceptors (Lipinski definition) is 6. The van der Waals surface area contributed by atoms with E-state index >= 15 is 0 Å². The molecule has 2 aromatic carbocycles. The van der Waals surface area contributed by atoms with Gasteiger partial charge in [-0.05, 0) is 23.7 Å². The molecule has 36 heavy (non-hydrogen) atoms. The van der Waals surface area contributed by atoms with Gasteiger partial charge in [-0.25, -0.2) is 0 Å². The number of hydrogen-bond donors (Lipinski definition) is 1. The maximum absolute atomic E-state index is 10.3. The Morgan fingerprint density at radius 1 is 1.00 bits per heavy atom. The van der Waals surface area contributed by atoms with Gasteiger partial charge < -0.3 is 28.5 Å². The molecule has 0 radical (unpaired) electrons. The monoisotopic (exact) mass is 514 g/mol. The number of fused-ring (bicyclic) bond motifs is 1. The van der Waals surface area contributed by atoms with E-state index in [2.05, 4.69) is 40.8 Å². The smallest absolute Gasteiger partial charge is 0.192 e. The Bertz CT molecular complexity index is 947. The van der Waals surface area contributed by atoms with Crippen molar-refractivity contribution in [2.75, 3.05) is 13.2 Å². The lowest BCUT2D eigenvalue weighted by atomic mass is 9.85. The minimum atomic E-state index is -2.14. The maximum Gasteiger partial charge on any atom is 0.192 e.